The minimum absolute atomic E-state index is 0.179. The smallest absolute Gasteiger partial charge is 0.337 e. The molecule has 0 saturated carbocycles. The molecule has 0 atom stereocenters. The number of nitrogens with zero attached hydrogens (tertiary/aromatic N) is 1. The molecule has 0 saturated heterocycles. The lowest BCUT2D eigenvalue weighted by molar-refractivity contribution is -0.432. The molecule has 31 heavy (non-hydrogen) atoms. The predicted octanol–water partition coefficient (Wildman–Crippen LogP) is 6.28. The molecular weight excluding hydrogens is 500 g/mol. The monoisotopic (exact) mass is 513 g/mol. The summed E-state index contributed by atoms with van der Waals surface area (Å²) in [7, 11) is 0. The second-order valence-electron chi connectivity index (χ2n) is 6.24. The minimum atomic E-state index is -8.24. The lowest BCUT2D eigenvalue weighted by Crippen LogP contribution is -2.74. The van der Waals surface area contributed by atoms with Crippen LogP contribution in [0.25, 0.3) is 0 Å². The minimum Gasteiger partial charge on any atom is -0.337 e. The maximum atomic E-state index is 13.9. The highest BCUT2D eigenvalue weighted by molar-refractivity contribution is 6.22. The summed E-state index contributed by atoms with van der Waals surface area (Å²) < 4.78 is 187. The topological polar surface area (TPSA) is 20.3 Å². The van der Waals surface area contributed by atoms with Crippen LogP contribution in [0.5, 0.6) is 0 Å². The number of rotatable bonds is 11. The quantitative estimate of drug-likeness (QED) is 0.235. The van der Waals surface area contributed by atoms with Gasteiger partial charge in [-0.05, 0) is 24.4 Å². The number of alkyl halides is 15. The van der Waals surface area contributed by atoms with E-state index >= 15 is 0 Å². The van der Waals surface area contributed by atoms with Crippen molar-refractivity contribution in [3.8, 4) is 0 Å². The molecule has 0 rings (SSSR count). The van der Waals surface area contributed by atoms with Crippen molar-refractivity contribution >= 4 is 17.5 Å². The fourth-order valence-corrected chi connectivity index (χ4v) is 2.27. The zero-order chi connectivity index (χ0) is 25.5. The lowest BCUT2D eigenvalue weighted by atomic mass is 9.90. The van der Waals surface area contributed by atoms with Crippen molar-refractivity contribution in [1.82, 2.24) is 4.90 Å². The molecule has 2 nitrogen and oxygen atoms in total. The Hall–Kier alpha value is -1.22. The Morgan fingerprint density at radius 3 is 1.19 bits per heavy atom. The van der Waals surface area contributed by atoms with Gasteiger partial charge < -0.3 is 4.90 Å². The van der Waals surface area contributed by atoms with Gasteiger partial charge in [0.25, 0.3) is 5.91 Å². The Morgan fingerprint density at radius 2 is 0.903 bits per heavy atom. The van der Waals surface area contributed by atoms with Crippen LogP contribution in [0, 0.1) is 0 Å². The zero-order valence-corrected chi connectivity index (χ0v) is 16.1. The zero-order valence-electron chi connectivity index (χ0n) is 15.4. The first-order valence-electron chi connectivity index (χ1n) is 8.06. The predicted molar refractivity (Wildman–Crippen MR) is 77.6 cm³/mol. The SMILES string of the molecule is CCCN(CCC)C(=O)C(F)(F)C(F)(F)C(F)(F)C(F)(F)C(F)(F)C(F)(F)C(F)(F)Cl. The van der Waals surface area contributed by atoms with E-state index in [4.69, 9.17) is 0 Å². The van der Waals surface area contributed by atoms with E-state index < -0.39 is 59.9 Å². The average molecular weight is 514 g/mol. The standard InChI is InChI=1S/C14H14ClF14NO/c1-3-5-30(6-4-2)7(31)8(16,17)9(18,19)10(20,21)11(22,23)12(24,25)13(26,27)14(15,28)29/h3-6H2,1-2H3. The van der Waals surface area contributed by atoms with Crippen molar-refractivity contribution in [1.29, 1.82) is 0 Å². The number of amides is 1. The largest absolute Gasteiger partial charge is 0.393 e. The summed E-state index contributed by atoms with van der Waals surface area (Å²) in [6, 6.07) is 0. The first-order valence-corrected chi connectivity index (χ1v) is 8.44. The number of hydrogen-bond acceptors (Lipinski definition) is 1. The molecule has 0 aromatic rings. The van der Waals surface area contributed by atoms with Gasteiger partial charge in [-0.15, -0.1) is 0 Å². The van der Waals surface area contributed by atoms with Gasteiger partial charge in [-0.1, -0.05) is 13.8 Å². The second kappa shape index (κ2) is 8.61. The molecule has 0 spiro atoms. The summed E-state index contributed by atoms with van der Waals surface area (Å²) in [5.41, 5.74) is 0. The van der Waals surface area contributed by atoms with Crippen LogP contribution in [0.15, 0.2) is 0 Å². The molecule has 0 unspecified atom stereocenters. The third-order valence-corrected chi connectivity index (χ3v) is 4.11. The lowest BCUT2D eigenvalue weighted by Gasteiger charge is -2.42. The Bertz CT molecular complexity index is 639. The molecule has 0 aliphatic rings. The van der Waals surface area contributed by atoms with Gasteiger partial charge in [0, 0.05) is 13.1 Å². The van der Waals surface area contributed by atoms with E-state index in [1.165, 1.54) is 13.8 Å². The average Bonchev–Trinajstić information content (AvgIpc) is 2.58. The summed E-state index contributed by atoms with van der Waals surface area (Å²) >= 11 is 3.49. The van der Waals surface area contributed by atoms with Gasteiger partial charge in [0.05, 0.1) is 0 Å². The first kappa shape index (κ1) is 29.8. The first-order chi connectivity index (χ1) is 13.4. The molecule has 0 bridgehead atoms. The van der Waals surface area contributed by atoms with E-state index in [-0.39, 0.29) is 17.7 Å². The number of carbonyl (C=O) groups excluding carboxylic acids is 1. The van der Waals surface area contributed by atoms with Crippen molar-refractivity contribution in [3.05, 3.63) is 0 Å². The molecule has 0 aromatic heterocycles. The van der Waals surface area contributed by atoms with E-state index in [2.05, 4.69) is 11.6 Å². The van der Waals surface area contributed by atoms with Gasteiger partial charge >= 0.3 is 40.9 Å². The highest BCUT2D eigenvalue weighted by atomic mass is 35.5. The van der Waals surface area contributed by atoms with E-state index in [1.807, 2.05) is 0 Å². The van der Waals surface area contributed by atoms with Gasteiger partial charge in [0.15, 0.2) is 0 Å². The highest BCUT2D eigenvalue weighted by Crippen LogP contribution is 2.62. The highest BCUT2D eigenvalue weighted by Gasteiger charge is 2.93. The van der Waals surface area contributed by atoms with E-state index in [0.29, 0.717) is 0 Å². The second-order valence-corrected chi connectivity index (χ2v) is 6.71. The number of carbonyl (C=O) groups is 1. The van der Waals surface area contributed by atoms with Crippen LogP contribution in [-0.2, 0) is 4.79 Å². The van der Waals surface area contributed by atoms with Crippen LogP contribution in [0.3, 0.4) is 0 Å². The van der Waals surface area contributed by atoms with E-state index in [0.717, 1.165) is 0 Å². The Balaban J connectivity index is 6.58. The normalized spacial score (nSPS) is 15.3. The van der Waals surface area contributed by atoms with Crippen LogP contribution in [0.2, 0.25) is 0 Å². The molecule has 0 aliphatic carbocycles. The van der Waals surface area contributed by atoms with Gasteiger partial charge in [-0.25, -0.2) is 0 Å². The summed E-state index contributed by atoms with van der Waals surface area (Å²) in [4.78, 5) is 11.4. The number of halogens is 15. The molecular formula is C14H14ClF14NO. The maximum Gasteiger partial charge on any atom is 0.393 e. The molecule has 1 amide bonds. The van der Waals surface area contributed by atoms with Crippen molar-refractivity contribution in [2.75, 3.05) is 13.1 Å². The fourth-order valence-electron chi connectivity index (χ4n) is 2.15. The van der Waals surface area contributed by atoms with Crippen molar-refractivity contribution in [2.24, 2.45) is 0 Å². The van der Waals surface area contributed by atoms with Crippen LogP contribution >= 0.6 is 11.6 Å². The van der Waals surface area contributed by atoms with E-state index in [9.17, 15) is 66.3 Å². The van der Waals surface area contributed by atoms with Gasteiger partial charge in [0.1, 0.15) is 0 Å². The van der Waals surface area contributed by atoms with Crippen molar-refractivity contribution in [2.45, 2.75) is 67.6 Å². The molecule has 0 fully saturated rings. The fraction of sp³-hybridized carbons (Fsp3) is 0.929. The Labute approximate surface area is 170 Å². The van der Waals surface area contributed by atoms with Crippen LogP contribution in [0.1, 0.15) is 26.7 Å². The van der Waals surface area contributed by atoms with Crippen LogP contribution in [0.4, 0.5) is 61.5 Å². The van der Waals surface area contributed by atoms with Crippen LogP contribution in [-0.4, -0.2) is 64.8 Å². The summed E-state index contributed by atoms with van der Waals surface area (Å²) in [5.74, 6) is -49.8. The summed E-state index contributed by atoms with van der Waals surface area (Å²) in [6.07, 6.45) is -0.454. The van der Waals surface area contributed by atoms with Gasteiger partial charge in [-0.2, -0.15) is 61.5 Å². The van der Waals surface area contributed by atoms with Gasteiger partial charge in [-0.3, -0.25) is 4.79 Å². The third-order valence-electron chi connectivity index (χ3n) is 3.87. The molecule has 0 radical (unpaired) electrons. The van der Waals surface area contributed by atoms with Gasteiger partial charge in [0.2, 0.25) is 0 Å². The number of hydrogen-bond donors (Lipinski definition) is 0. The molecule has 0 aliphatic heterocycles. The Morgan fingerprint density at radius 1 is 0.613 bits per heavy atom. The van der Waals surface area contributed by atoms with Crippen molar-refractivity contribution < 1.29 is 66.3 Å². The van der Waals surface area contributed by atoms with E-state index in [1.54, 1.807) is 0 Å². The van der Waals surface area contributed by atoms with Crippen LogP contribution < -0.4 is 0 Å². The molecule has 17 heteroatoms. The molecule has 0 aromatic carbocycles. The molecule has 0 N–H and O–H groups in total. The molecule has 0 heterocycles. The summed E-state index contributed by atoms with van der Waals surface area (Å²) in [5, 5.41) is -6.69. The third kappa shape index (κ3) is 4.36. The maximum absolute atomic E-state index is 13.9. The Kier molecular flexibility index (Phi) is 8.27. The summed E-state index contributed by atoms with van der Waals surface area (Å²) in [6.45, 7) is 0.827. The van der Waals surface area contributed by atoms with Crippen molar-refractivity contribution in [3.63, 3.8) is 0 Å². The molecule has 186 valence electrons.